The van der Waals surface area contributed by atoms with E-state index < -0.39 is 6.09 Å². The summed E-state index contributed by atoms with van der Waals surface area (Å²) < 4.78 is 5.33. The van der Waals surface area contributed by atoms with Gasteiger partial charge in [-0.25, -0.2) is 4.79 Å². The van der Waals surface area contributed by atoms with Crippen molar-refractivity contribution in [1.29, 1.82) is 0 Å². The van der Waals surface area contributed by atoms with Crippen LogP contribution in [0.5, 0.6) is 5.75 Å². The minimum atomic E-state index is -0.463. The van der Waals surface area contributed by atoms with Crippen molar-refractivity contribution in [2.75, 3.05) is 6.54 Å². The summed E-state index contributed by atoms with van der Waals surface area (Å²) in [6.45, 7) is 0.0762. The number of amides is 1. The topological polar surface area (TPSA) is 88.2 Å². The molecule has 1 fully saturated rings. The average molecular weight is 277 g/mol. The fraction of sp³-hybridized carbons (Fsp3) is 0.429. The summed E-state index contributed by atoms with van der Waals surface area (Å²) in [4.78, 5) is 13.8. The van der Waals surface area contributed by atoms with E-state index in [1.54, 1.807) is 24.3 Å². The van der Waals surface area contributed by atoms with Crippen molar-refractivity contribution >= 4 is 11.9 Å². The summed E-state index contributed by atoms with van der Waals surface area (Å²) in [5.41, 5.74) is 5.52. The molecule has 0 bridgehead atoms. The standard InChI is InChI=1S/C14H19N3O3/c15-13(16-19)10-17(11-6-4-5-7-11)14(18)20-12-8-2-1-3-9-12/h1-3,8-9,11,19H,4-7,10H2,(H2,15,16). The minimum absolute atomic E-state index is 0.00177. The van der Waals surface area contributed by atoms with Crippen molar-refractivity contribution in [3.8, 4) is 5.75 Å². The number of ether oxygens (including phenoxy) is 1. The number of para-hydroxylation sites is 1. The van der Waals surface area contributed by atoms with Gasteiger partial charge in [0.25, 0.3) is 0 Å². The molecule has 0 atom stereocenters. The van der Waals surface area contributed by atoms with Crippen LogP contribution in [-0.4, -0.2) is 34.6 Å². The third kappa shape index (κ3) is 3.63. The highest BCUT2D eigenvalue weighted by Crippen LogP contribution is 2.24. The first-order valence-electron chi connectivity index (χ1n) is 6.70. The summed E-state index contributed by atoms with van der Waals surface area (Å²) in [6.07, 6.45) is 3.53. The molecule has 1 amide bonds. The molecule has 1 saturated carbocycles. The Kier molecular flexibility index (Phi) is 4.81. The molecule has 1 aliphatic carbocycles. The number of amidine groups is 1. The quantitative estimate of drug-likeness (QED) is 0.382. The molecule has 6 nitrogen and oxygen atoms in total. The van der Waals surface area contributed by atoms with Gasteiger partial charge < -0.3 is 15.7 Å². The lowest BCUT2D eigenvalue weighted by molar-refractivity contribution is 0.140. The van der Waals surface area contributed by atoms with Crippen molar-refractivity contribution in [1.82, 2.24) is 4.90 Å². The first-order valence-corrected chi connectivity index (χ1v) is 6.70. The number of nitrogens with two attached hydrogens (primary N) is 1. The van der Waals surface area contributed by atoms with E-state index in [1.165, 1.54) is 4.90 Å². The first kappa shape index (κ1) is 14.2. The number of rotatable bonds is 4. The van der Waals surface area contributed by atoms with Crippen molar-refractivity contribution in [3.05, 3.63) is 30.3 Å². The molecular formula is C14H19N3O3. The zero-order valence-electron chi connectivity index (χ0n) is 11.2. The molecule has 2 rings (SSSR count). The van der Waals surface area contributed by atoms with E-state index in [2.05, 4.69) is 5.16 Å². The van der Waals surface area contributed by atoms with E-state index in [1.807, 2.05) is 6.07 Å². The average Bonchev–Trinajstić information content (AvgIpc) is 2.99. The van der Waals surface area contributed by atoms with E-state index in [0.717, 1.165) is 25.7 Å². The van der Waals surface area contributed by atoms with Gasteiger partial charge in [0.05, 0.1) is 6.54 Å². The van der Waals surface area contributed by atoms with Gasteiger partial charge in [0, 0.05) is 6.04 Å². The van der Waals surface area contributed by atoms with Gasteiger partial charge in [-0.2, -0.15) is 0 Å². The van der Waals surface area contributed by atoms with Crippen molar-refractivity contribution in [2.45, 2.75) is 31.7 Å². The predicted octanol–water partition coefficient (Wildman–Crippen LogP) is 2.18. The fourth-order valence-corrected chi connectivity index (χ4v) is 2.41. The van der Waals surface area contributed by atoms with Crippen molar-refractivity contribution < 1.29 is 14.7 Å². The van der Waals surface area contributed by atoms with E-state index in [4.69, 9.17) is 15.7 Å². The van der Waals surface area contributed by atoms with Gasteiger partial charge in [-0.3, -0.25) is 4.90 Å². The highest BCUT2D eigenvalue weighted by molar-refractivity contribution is 5.85. The van der Waals surface area contributed by atoms with Gasteiger partial charge in [-0.05, 0) is 25.0 Å². The van der Waals surface area contributed by atoms with E-state index in [-0.39, 0.29) is 18.4 Å². The molecule has 6 heteroatoms. The second kappa shape index (κ2) is 6.79. The summed E-state index contributed by atoms with van der Waals surface area (Å²) in [6, 6.07) is 8.97. The van der Waals surface area contributed by atoms with Crippen LogP contribution in [0.4, 0.5) is 4.79 Å². The van der Waals surface area contributed by atoms with Crippen LogP contribution in [0.1, 0.15) is 25.7 Å². The molecule has 108 valence electrons. The lowest BCUT2D eigenvalue weighted by atomic mass is 10.2. The zero-order valence-corrected chi connectivity index (χ0v) is 11.2. The molecule has 0 saturated heterocycles. The van der Waals surface area contributed by atoms with Gasteiger partial charge in [-0.1, -0.05) is 36.2 Å². The zero-order chi connectivity index (χ0) is 14.4. The molecule has 1 aromatic carbocycles. The lowest BCUT2D eigenvalue weighted by Gasteiger charge is -2.27. The Morgan fingerprint density at radius 2 is 2.00 bits per heavy atom. The lowest BCUT2D eigenvalue weighted by Crippen LogP contribution is -2.45. The molecule has 0 radical (unpaired) electrons. The van der Waals surface area contributed by atoms with Crippen LogP contribution in [0, 0.1) is 0 Å². The van der Waals surface area contributed by atoms with Crippen LogP contribution >= 0.6 is 0 Å². The van der Waals surface area contributed by atoms with Gasteiger partial charge >= 0.3 is 6.09 Å². The Labute approximate surface area is 117 Å². The van der Waals surface area contributed by atoms with E-state index >= 15 is 0 Å². The molecule has 0 spiro atoms. The molecule has 1 aliphatic rings. The second-order valence-corrected chi connectivity index (χ2v) is 4.84. The van der Waals surface area contributed by atoms with E-state index in [0.29, 0.717) is 5.75 Å². The third-order valence-corrected chi connectivity index (χ3v) is 3.41. The second-order valence-electron chi connectivity index (χ2n) is 4.84. The molecule has 0 heterocycles. The molecule has 0 unspecified atom stereocenters. The summed E-state index contributed by atoms with van der Waals surface area (Å²) in [5, 5.41) is 11.6. The van der Waals surface area contributed by atoms with Gasteiger partial charge in [-0.15, -0.1) is 0 Å². The van der Waals surface area contributed by atoms with Crippen LogP contribution in [-0.2, 0) is 0 Å². The normalized spacial score (nSPS) is 16.1. The monoisotopic (exact) mass is 277 g/mol. The minimum Gasteiger partial charge on any atom is -0.410 e. The first-order chi connectivity index (χ1) is 9.70. The molecule has 0 aliphatic heterocycles. The Morgan fingerprint density at radius 1 is 1.35 bits per heavy atom. The molecule has 3 N–H and O–H groups in total. The smallest absolute Gasteiger partial charge is 0.410 e. The summed E-state index contributed by atoms with van der Waals surface area (Å²) >= 11 is 0. The Bertz CT molecular complexity index is 470. The number of carbonyl (C=O) groups excluding carboxylic acids is 1. The highest BCUT2D eigenvalue weighted by atomic mass is 16.6. The van der Waals surface area contributed by atoms with Crippen LogP contribution in [0.25, 0.3) is 0 Å². The van der Waals surface area contributed by atoms with Crippen LogP contribution in [0.2, 0.25) is 0 Å². The number of carbonyl (C=O) groups is 1. The SMILES string of the molecule is NC(CN(C(=O)Oc1ccccc1)C1CCCC1)=NO. The molecular weight excluding hydrogens is 258 g/mol. The van der Waals surface area contributed by atoms with Crippen molar-refractivity contribution in [3.63, 3.8) is 0 Å². The van der Waals surface area contributed by atoms with Crippen LogP contribution in [0.3, 0.4) is 0 Å². The van der Waals surface area contributed by atoms with Crippen molar-refractivity contribution in [2.24, 2.45) is 10.9 Å². The van der Waals surface area contributed by atoms with Crippen LogP contribution < -0.4 is 10.5 Å². The Morgan fingerprint density at radius 3 is 2.60 bits per heavy atom. The van der Waals surface area contributed by atoms with Gasteiger partial charge in [0.15, 0.2) is 5.84 Å². The van der Waals surface area contributed by atoms with Gasteiger partial charge in [0.2, 0.25) is 0 Å². The summed E-state index contributed by atoms with van der Waals surface area (Å²) in [5.74, 6) is 0.488. The fourth-order valence-electron chi connectivity index (χ4n) is 2.41. The molecule has 1 aromatic rings. The number of nitrogens with zero attached hydrogens (tertiary/aromatic N) is 2. The number of hydrogen-bond acceptors (Lipinski definition) is 4. The predicted molar refractivity (Wildman–Crippen MR) is 74.8 cm³/mol. The maximum Gasteiger partial charge on any atom is 0.415 e. The number of benzene rings is 1. The summed E-state index contributed by atoms with van der Waals surface area (Å²) in [7, 11) is 0. The Balaban J connectivity index is 2.06. The van der Waals surface area contributed by atoms with Gasteiger partial charge in [0.1, 0.15) is 5.75 Å². The highest BCUT2D eigenvalue weighted by Gasteiger charge is 2.28. The molecule has 20 heavy (non-hydrogen) atoms. The Hall–Kier alpha value is -2.24. The number of oxime groups is 1. The van der Waals surface area contributed by atoms with E-state index in [9.17, 15) is 4.79 Å². The number of hydrogen-bond donors (Lipinski definition) is 2. The maximum atomic E-state index is 12.3. The third-order valence-electron chi connectivity index (χ3n) is 3.41. The van der Waals surface area contributed by atoms with Crippen LogP contribution in [0.15, 0.2) is 35.5 Å². The largest absolute Gasteiger partial charge is 0.415 e. The molecule has 0 aromatic heterocycles. The maximum absolute atomic E-state index is 12.3.